The Labute approximate surface area is 267 Å². The van der Waals surface area contributed by atoms with Crippen LogP contribution in [0.1, 0.15) is 34.7 Å². The molecular weight excluding hydrogens is 641 g/mol. The Morgan fingerprint density at radius 3 is 2.70 bits per heavy atom. The van der Waals surface area contributed by atoms with Crippen LogP contribution in [0.15, 0.2) is 42.1 Å². The molecule has 2 aromatic carbocycles. The number of hydrogen-bond acceptors (Lipinski definition) is 7. The zero-order valence-corrected chi connectivity index (χ0v) is 26.1. The van der Waals surface area contributed by atoms with E-state index >= 15 is 0 Å². The molecule has 0 radical (unpaired) electrons. The summed E-state index contributed by atoms with van der Waals surface area (Å²) in [7, 11) is 0. The Hall–Kier alpha value is -2.31. The van der Waals surface area contributed by atoms with Crippen LogP contribution < -0.4 is 15.4 Å². The summed E-state index contributed by atoms with van der Waals surface area (Å²) < 4.78 is 38.5. The number of hydrogen-bond donors (Lipinski definition) is 2. The summed E-state index contributed by atoms with van der Waals surface area (Å²) >= 11 is 20.1. The van der Waals surface area contributed by atoms with Gasteiger partial charge < -0.3 is 25.0 Å². The second-order valence-electron chi connectivity index (χ2n) is 10.7. The molecule has 2 atom stereocenters. The monoisotopic (exact) mass is 668 g/mol. The fraction of sp³-hybridized carbons (Fsp3) is 0.400. The molecule has 228 valence electrons. The maximum Gasteiger partial charge on any atom is 0.252 e. The molecule has 1 saturated heterocycles. The van der Waals surface area contributed by atoms with Gasteiger partial charge in [0.2, 0.25) is 0 Å². The van der Waals surface area contributed by atoms with Gasteiger partial charge in [-0.05, 0) is 48.6 Å². The molecule has 0 spiro atoms. The number of carbonyl (C=O) groups excluding carboxylic acids is 1. The molecule has 13 heteroatoms. The smallest absolute Gasteiger partial charge is 0.252 e. The van der Waals surface area contributed by atoms with Crippen molar-refractivity contribution in [1.82, 2.24) is 20.5 Å². The highest BCUT2D eigenvalue weighted by Crippen LogP contribution is 2.39. The number of thiazole rings is 1. The van der Waals surface area contributed by atoms with Crippen molar-refractivity contribution in [3.05, 3.63) is 84.3 Å². The van der Waals surface area contributed by atoms with E-state index in [2.05, 4.69) is 15.6 Å². The molecule has 6 rings (SSSR count). The van der Waals surface area contributed by atoms with Crippen LogP contribution in [-0.2, 0) is 22.7 Å². The van der Waals surface area contributed by atoms with Crippen LogP contribution >= 0.6 is 46.1 Å². The number of carbonyl (C=O) groups is 1. The Kier molecular flexibility index (Phi) is 9.54. The fourth-order valence-electron chi connectivity index (χ4n) is 5.48. The number of rotatable bonds is 11. The number of amides is 1. The average Bonchev–Trinajstić information content (AvgIpc) is 3.73. The maximum atomic E-state index is 14.3. The van der Waals surface area contributed by atoms with Crippen molar-refractivity contribution in [3.63, 3.8) is 0 Å². The molecule has 1 unspecified atom stereocenters. The number of halogens is 5. The molecule has 1 saturated carbocycles. The summed E-state index contributed by atoms with van der Waals surface area (Å²) in [6.07, 6.45) is 4.40. The van der Waals surface area contributed by atoms with Crippen molar-refractivity contribution in [3.8, 4) is 5.75 Å². The van der Waals surface area contributed by atoms with Crippen molar-refractivity contribution in [1.29, 1.82) is 0 Å². The zero-order chi connectivity index (χ0) is 30.1. The summed E-state index contributed by atoms with van der Waals surface area (Å²) in [5, 5.41) is 8.36. The predicted octanol–water partition coefficient (Wildman–Crippen LogP) is 6.26. The van der Waals surface area contributed by atoms with Gasteiger partial charge in [-0.1, -0.05) is 46.9 Å². The number of nitrogens with one attached hydrogen (secondary N) is 2. The fourth-order valence-corrected chi connectivity index (χ4v) is 6.99. The van der Waals surface area contributed by atoms with Crippen LogP contribution in [0.4, 0.5) is 8.78 Å². The summed E-state index contributed by atoms with van der Waals surface area (Å²) in [4.78, 5) is 21.7. The first-order valence-corrected chi connectivity index (χ1v) is 16.0. The summed E-state index contributed by atoms with van der Waals surface area (Å²) in [6.45, 7) is 2.17. The molecule has 3 aliphatic rings. The lowest BCUT2D eigenvalue weighted by Crippen LogP contribution is -2.59. The maximum absolute atomic E-state index is 14.3. The third-order valence-corrected chi connectivity index (χ3v) is 9.94. The third-order valence-electron chi connectivity index (χ3n) is 7.70. The highest BCUT2D eigenvalue weighted by molar-refractivity contribution is 7.12. The van der Waals surface area contributed by atoms with Gasteiger partial charge in [0.15, 0.2) is 11.6 Å². The number of aromatic nitrogens is 1. The van der Waals surface area contributed by atoms with Crippen molar-refractivity contribution in [2.45, 2.75) is 50.5 Å². The Morgan fingerprint density at radius 1 is 1.07 bits per heavy atom. The molecule has 2 N–H and O–H groups in total. The van der Waals surface area contributed by atoms with Gasteiger partial charge in [0.05, 0.1) is 34.2 Å². The lowest BCUT2D eigenvalue weighted by Gasteiger charge is -2.40. The van der Waals surface area contributed by atoms with E-state index < -0.39 is 16.7 Å². The molecule has 2 fully saturated rings. The van der Waals surface area contributed by atoms with Crippen LogP contribution in [0.3, 0.4) is 0 Å². The van der Waals surface area contributed by atoms with Gasteiger partial charge in [-0.2, -0.15) is 0 Å². The second kappa shape index (κ2) is 13.4. The first-order chi connectivity index (χ1) is 20.8. The molecule has 1 amide bonds. The first-order valence-electron chi connectivity index (χ1n) is 14.0. The second-order valence-corrected chi connectivity index (χ2v) is 13.0. The molecule has 2 bridgehead atoms. The third kappa shape index (κ3) is 6.86. The van der Waals surface area contributed by atoms with Gasteiger partial charge in [0.25, 0.3) is 5.91 Å². The number of nitrogens with zero attached hydrogens (tertiary/aromatic N) is 2. The number of piperazine rings is 1. The van der Waals surface area contributed by atoms with Gasteiger partial charge in [0, 0.05) is 43.5 Å². The van der Waals surface area contributed by atoms with Crippen LogP contribution in [0.2, 0.25) is 15.1 Å². The molecular formula is C30H29Cl3F2N4O3S. The normalized spacial score (nSPS) is 19.9. The van der Waals surface area contributed by atoms with Crippen LogP contribution in [0.25, 0.3) is 5.57 Å². The Morgan fingerprint density at radius 2 is 1.88 bits per heavy atom. The summed E-state index contributed by atoms with van der Waals surface area (Å²) in [5.41, 5.74) is 2.59. The quantitative estimate of drug-likeness (QED) is 0.186. The van der Waals surface area contributed by atoms with Crippen LogP contribution in [0.5, 0.6) is 5.75 Å². The topological polar surface area (TPSA) is 75.7 Å². The molecule has 3 aromatic rings. The average molecular weight is 670 g/mol. The molecule has 43 heavy (non-hydrogen) atoms. The predicted molar refractivity (Wildman–Crippen MR) is 164 cm³/mol. The minimum Gasteiger partial charge on any atom is -0.486 e. The minimum atomic E-state index is -0.757. The van der Waals surface area contributed by atoms with Gasteiger partial charge in [-0.3, -0.25) is 4.79 Å². The van der Waals surface area contributed by atoms with Crippen molar-refractivity contribution >= 4 is 57.6 Å². The molecule has 2 aliphatic heterocycles. The van der Waals surface area contributed by atoms with E-state index in [9.17, 15) is 13.6 Å². The van der Waals surface area contributed by atoms with Crippen molar-refractivity contribution in [2.75, 3.05) is 26.3 Å². The van der Waals surface area contributed by atoms with E-state index in [-0.39, 0.29) is 49.6 Å². The van der Waals surface area contributed by atoms with Crippen LogP contribution in [-0.4, -0.2) is 60.2 Å². The standard InChI is InChI=1S/C30H29Cl3F2N4O3S/c31-20-3-1-2-16(27(20)32)14-39(18-4-5-18)30(40)26-19(10-17-11-36-12-23(26)38-17)24-13-37-25(43-24)15-41-8-9-42-29-22(35)7-6-21(34)28(29)33/h1-3,6-7,13,17-18,23,36,38H,4-5,8-12,14-15H2/t17?,23-/m1/s1. The van der Waals surface area contributed by atoms with E-state index in [0.717, 1.165) is 58.1 Å². The summed E-state index contributed by atoms with van der Waals surface area (Å²) in [6, 6.07) is 7.65. The van der Waals surface area contributed by atoms with Crippen molar-refractivity contribution < 1.29 is 23.0 Å². The highest BCUT2D eigenvalue weighted by Gasteiger charge is 2.41. The first kappa shape index (κ1) is 30.7. The van der Waals surface area contributed by atoms with E-state index in [1.165, 1.54) is 11.3 Å². The molecule has 1 aromatic heterocycles. The summed E-state index contributed by atoms with van der Waals surface area (Å²) in [5.74, 6) is -1.84. The van der Waals surface area contributed by atoms with Crippen LogP contribution in [0, 0.1) is 11.6 Å². The largest absolute Gasteiger partial charge is 0.486 e. The molecule has 3 heterocycles. The minimum absolute atomic E-state index is 0.000201. The Balaban J connectivity index is 1.17. The van der Waals surface area contributed by atoms with E-state index in [1.807, 2.05) is 17.0 Å². The van der Waals surface area contributed by atoms with Gasteiger partial charge in [-0.25, -0.2) is 13.8 Å². The van der Waals surface area contributed by atoms with E-state index in [1.54, 1.807) is 12.3 Å². The number of benzene rings is 2. The Bertz CT molecular complexity index is 1550. The lowest BCUT2D eigenvalue weighted by atomic mass is 9.86. The van der Waals surface area contributed by atoms with E-state index in [4.69, 9.17) is 44.3 Å². The molecule has 7 nitrogen and oxygen atoms in total. The lowest BCUT2D eigenvalue weighted by molar-refractivity contribution is -0.128. The van der Waals surface area contributed by atoms with E-state index in [0.29, 0.717) is 29.6 Å². The molecule has 1 aliphatic carbocycles. The van der Waals surface area contributed by atoms with Crippen molar-refractivity contribution in [2.24, 2.45) is 0 Å². The van der Waals surface area contributed by atoms with Gasteiger partial charge >= 0.3 is 0 Å². The van der Waals surface area contributed by atoms with Gasteiger partial charge in [-0.15, -0.1) is 11.3 Å². The van der Waals surface area contributed by atoms with Gasteiger partial charge in [0.1, 0.15) is 22.5 Å². The zero-order valence-electron chi connectivity index (χ0n) is 23.0. The highest BCUT2D eigenvalue weighted by atomic mass is 35.5. The number of fused-ring (bicyclic) bond motifs is 2. The number of ether oxygens (including phenoxy) is 2. The SMILES string of the molecule is O=C(C1=C(c2cnc(COCCOc3c(F)ccc(F)c3Cl)s2)CC2CNC[C@H]1N2)N(Cc1cccc(Cl)c1Cl)C1CC1.